The molecule has 0 aromatic rings. The zero-order valence-corrected chi connectivity index (χ0v) is 8.84. The van der Waals surface area contributed by atoms with Crippen molar-refractivity contribution in [1.82, 2.24) is 4.90 Å². The van der Waals surface area contributed by atoms with E-state index in [-0.39, 0.29) is 0 Å². The van der Waals surface area contributed by atoms with Crippen molar-refractivity contribution in [1.29, 1.82) is 0 Å². The van der Waals surface area contributed by atoms with Crippen LogP contribution < -0.4 is 0 Å². The number of hydrogen-bond acceptors (Lipinski definition) is 1. The predicted octanol–water partition coefficient (Wildman–Crippen LogP) is 2.21. The van der Waals surface area contributed by atoms with Crippen LogP contribution in [0.3, 0.4) is 0 Å². The summed E-state index contributed by atoms with van der Waals surface area (Å²) in [4.78, 5) is 13.4. The molecule has 0 aliphatic carbocycles. The van der Waals surface area contributed by atoms with Gasteiger partial charge < -0.3 is 4.90 Å². The van der Waals surface area contributed by atoms with Gasteiger partial charge in [-0.3, -0.25) is 4.79 Å². The molecule has 1 heterocycles. The number of amides is 1. The van der Waals surface area contributed by atoms with Crippen molar-refractivity contribution in [2.45, 2.75) is 33.6 Å². The molecule has 1 saturated heterocycles. The number of allylic oxidation sites excluding steroid dienone is 1. The lowest BCUT2D eigenvalue weighted by atomic mass is 10.00. The van der Waals surface area contributed by atoms with Gasteiger partial charge in [-0.2, -0.15) is 0 Å². The zero-order chi connectivity index (χ0) is 9.84. The summed E-state index contributed by atoms with van der Waals surface area (Å²) in [5.41, 5.74) is 1.42. The van der Waals surface area contributed by atoms with Crippen molar-refractivity contribution in [3.05, 3.63) is 11.6 Å². The van der Waals surface area contributed by atoms with E-state index in [0.717, 1.165) is 19.5 Å². The summed E-state index contributed by atoms with van der Waals surface area (Å²) < 4.78 is 0. The van der Waals surface area contributed by atoms with Gasteiger partial charge in [-0.05, 0) is 26.2 Å². The molecule has 2 heteroatoms. The Kier molecular flexibility index (Phi) is 3.52. The molecule has 0 N–H and O–H groups in total. The third-order valence-electron chi connectivity index (χ3n) is 2.94. The summed E-state index contributed by atoms with van der Waals surface area (Å²) in [5.74, 6) is 0.909. The van der Waals surface area contributed by atoms with Crippen LogP contribution in [0.5, 0.6) is 0 Å². The Hall–Kier alpha value is -0.790. The fourth-order valence-electron chi connectivity index (χ4n) is 1.82. The fraction of sp³-hybridized carbons (Fsp3) is 0.727. The van der Waals surface area contributed by atoms with Gasteiger partial charge in [0.05, 0.1) is 0 Å². The first kappa shape index (κ1) is 10.3. The van der Waals surface area contributed by atoms with Crippen LogP contribution >= 0.6 is 0 Å². The SMILES string of the molecule is C/C=C(\C)C1CCN(C(=O)CC)C1. The summed E-state index contributed by atoms with van der Waals surface area (Å²) >= 11 is 0. The molecule has 1 rings (SSSR count). The number of nitrogens with zero attached hydrogens (tertiary/aromatic N) is 1. The normalized spacial score (nSPS) is 23.8. The van der Waals surface area contributed by atoms with Crippen molar-refractivity contribution in [2.24, 2.45) is 5.92 Å². The van der Waals surface area contributed by atoms with Gasteiger partial charge in [-0.25, -0.2) is 0 Å². The van der Waals surface area contributed by atoms with Crippen LogP contribution in [0, 0.1) is 5.92 Å². The molecule has 1 atom stereocenters. The van der Waals surface area contributed by atoms with E-state index in [0.29, 0.717) is 18.2 Å². The maximum atomic E-state index is 11.4. The van der Waals surface area contributed by atoms with Crippen molar-refractivity contribution in [3.63, 3.8) is 0 Å². The number of hydrogen-bond donors (Lipinski definition) is 0. The van der Waals surface area contributed by atoms with Gasteiger partial charge in [0.15, 0.2) is 0 Å². The predicted molar refractivity (Wildman–Crippen MR) is 54.4 cm³/mol. The third kappa shape index (κ3) is 2.33. The molecule has 1 amide bonds. The summed E-state index contributed by atoms with van der Waals surface area (Å²) in [6.45, 7) is 8.04. The molecule has 74 valence electrons. The molecular weight excluding hydrogens is 162 g/mol. The first-order chi connectivity index (χ1) is 6.19. The molecule has 0 radical (unpaired) electrons. The summed E-state index contributed by atoms with van der Waals surface area (Å²) in [6.07, 6.45) is 3.94. The highest BCUT2D eigenvalue weighted by Gasteiger charge is 2.25. The Bertz CT molecular complexity index is 220. The van der Waals surface area contributed by atoms with Gasteiger partial charge in [0.25, 0.3) is 0 Å². The smallest absolute Gasteiger partial charge is 0.222 e. The minimum absolute atomic E-state index is 0.298. The molecule has 1 aliphatic heterocycles. The molecule has 0 aromatic heterocycles. The quantitative estimate of drug-likeness (QED) is 0.598. The van der Waals surface area contributed by atoms with Gasteiger partial charge in [-0.1, -0.05) is 18.6 Å². The lowest BCUT2D eigenvalue weighted by Gasteiger charge is -2.15. The van der Waals surface area contributed by atoms with E-state index in [9.17, 15) is 4.79 Å². The Morgan fingerprint density at radius 3 is 2.85 bits per heavy atom. The van der Waals surface area contributed by atoms with E-state index in [1.165, 1.54) is 5.57 Å². The van der Waals surface area contributed by atoms with Gasteiger partial charge >= 0.3 is 0 Å². The number of likely N-dealkylation sites (tertiary alicyclic amines) is 1. The average Bonchev–Trinajstić information content (AvgIpc) is 2.64. The lowest BCUT2D eigenvalue weighted by molar-refractivity contribution is -0.129. The summed E-state index contributed by atoms with van der Waals surface area (Å²) in [6, 6.07) is 0. The van der Waals surface area contributed by atoms with E-state index >= 15 is 0 Å². The highest BCUT2D eigenvalue weighted by atomic mass is 16.2. The Labute approximate surface area is 80.6 Å². The first-order valence-corrected chi connectivity index (χ1v) is 5.09. The van der Waals surface area contributed by atoms with Crippen LogP contribution in [0.1, 0.15) is 33.6 Å². The maximum Gasteiger partial charge on any atom is 0.222 e. The van der Waals surface area contributed by atoms with E-state index < -0.39 is 0 Å². The topological polar surface area (TPSA) is 20.3 Å². The molecular formula is C11H19NO. The lowest BCUT2D eigenvalue weighted by Crippen LogP contribution is -2.27. The van der Waals surface area contributed by atoms with Crippen molar-refractivity contribution in [3.8, 4) is 0 Å². The highest BCUT2D eigenvalue weighted by Crippen LogP contribution is 2.23. The largest absolute Gasteiger partial charge is 0.342 e. The van der Waals surface area contributed by atoms with Crippen LogP contribution in [0.4, 0.5) is 0 Å². The van der Waals surface area contributed by atoms with E-state index in [1.54, 1.807) is 0 Å². The van der Waals surface area contributed by atoms with Crippen molar-refractivity contribution < 1.29 is 4.79 Å². The Morgan fingerprint density at radius 1 is 1.62 bits per heavy atom. The van der Waals surface area contributed by atoms with Crippen molar-refractivity contribution >= 4 is 5.91 Å². The van der Waals surface area contributed by atoms with E-state index in [1.807, 2.05) is 11.8 Å². The maximum absolute atomic E-state index is 11.4. The Balaban J connectivity index is 2.49. The highest BCUT2D eigenvalue weighted by molar-refractivity contribution is 5.76. The van der Waals surface area contributed by atoms with Crippen LogP contribution in [-0.4, -0.2) is 23.9 Å². The second-order valence-corrected chi connectivity index (χ2v) is 3.71. The fourth-order valence-corrected chi connectivity index (χ4v) is 1.82. The number of rotatable bonds is 2. The van der Waals surface area contributed by atoms with Crippen LogP contribution in [0.25, 0.3) is 0 Å². The molecule has 13 heavy (non-hydrogen) atoms. The first-order valence-electron chi connectivity index (χ1n) is 5.09. The van der Waals surface area contributed by atoms with Crippen LogP contribution in [-0.2, 0) is 4.79 Å². The van der Waals surface area contributed by atoms with Crippen molar-refractivity contribution in [2.75, 3.05) is 13.1 Å². The standard InChI is InChI=1S/C11H19NO/c1-4-9(3)10-6-7-12(8-10)11(13)5-2/h4,10H,5-8H2,1-3H3/b9-4+. The molecule has 0 bridgehead atoms. The van der Waals surface area contributed by atoms with Gasteiger partial charge in [0, 0.05) is 19.5 Å². The summed E-state index contributed by atoms with van der Waals surface area (Å²) in [7, 11) is 0. The second-order valence-electron chi connectivity index (χ2n) is 3.71. The summed E-state index contributed by atoms with van der Waals surface area (Å²) in [5, 5.41) is 0. The molecule has 1 unspecified atom stereocenters. The monoisotopic (exact) mass is 181 g/mol. The Morgan fingerprint density at radius 2 is 2.31 bits per heavy atom. The van der Waals surface area contributed by atoms with E-state index in [4.69, 9.17) is 0 Å². The minimum atomic E-state index is 0.298. The van der Waals surface area contributed by atoms with Gasteiger partial charge in [-0.15, -0.1) is 0 Å². The molecule has 0 aromatic carbocycles. The van der Waals surface area contributed by atoms with Crippen LogP contribution in [0.2, 0.25) is 0 Å². The number of carbonyl (C=O) groups excluding carboxylic acids is 1. The van der Waals surface area contributed by atoms with Gasteiger partial charge in [0.2, 0.25) is 5.91 Å². The molecule has 0 spiro atoms. The minimum Gasteiger partial charge on any atom is -0.342 e. The molecule has 1 aliphatic rings. The van der Waals surface area contributed by atoms with Crippen LogP contribution in [0.15, 0.2) is 11.6 Å². The van der Waals surface area contributed by atoms with Gasteiger partial charge in [0.1, 0.15) is 0 Å². The van der Waals surface area contributed by atoms with E-state index in [2.05, 4.69) is 19.9 Å². The zero-order valence-electron chi connectivity index (χ0n) is 8.84. The molecule has 1 fully saturated rings. The third-order valence-corrected chi connectivity index (χ3v) is 2.94. The average molecular weight is 181 g/mol. The molecule has 0 saturated carbocycles. The number of carbonyl (C=O) groups is 1. The molecule has 2 nitrogen and oxygen atoms in total. The second kappa shape index (κ2) is 4.45.